The van der Waals surface area contributed by atoms with E-state index in [0.29, 0.717) is 12.2 Å². The molecule has 4 heterocycles. The third-order valence-corrected chi connectivity index (χ3v) is 5.38. The summed E-state index contributed by atoms with van der Waals surface area (Å²) in [5.74, 6) is 0.189. The number of carbonyl (C=O) groups excluding carboxylic acids is 1. The fourth-order valence-corrected chi connectivity index (χ4v) is 4.30. The summed E-state index contributed by atoms with van der Waals surface area (Å²) in [5, 5.41) is 7.45. The van der Waals surface area contributed by atoms with E-state index in [4.69, 9.17) is 4.74 Å². The number of anilines is 1. The Balaban J connectivity index is 1.43. The zero-order valence-electron chi connectivity index (χ0n) is 18.0. The Morgan fingerprint density at radius 2 is 2.00 bits per heavy atom. The molecule has 1 aliphatic heterocycles. The number of amides is 1. The molecule has 4 rings (SSSR count). The van der Waals surface area contributed by atoms with Gasteiger partial charge in [-0.05, 0) is 31.9 Å². The Bertz CT molecular complexity index is 967. The number of imidazole rings is 1. The summed E-state index contributed by atoms with van der Waals surface area (Å²) in [7, 11) is 0. The van der Waals surface area contributed by atoms with Gasteiger partial charge in [0.25, 0.3) is 0 Å². The van der Waals surface area contributed by atoms with Crippen LogP contribution in [0.4, 0.5) is 5.69 Å². The van der Waals surface area contributed by atoms with Crippen molar-refractivity contribution < 1.29 is 9.53 Å². The molecule has 1 aliphatic rings. The van der Waals surface area contributed by atoms with Gasteiger partial charge < -0.3 is 14.5 Å². The van der Waals surface area contributed by atoms with E-state index in [1.54, 1.807) is 10.9 Å². The fraction of sp³-hybridized carbons (Fsp3) is 0.500. The molecule has 3 aromatic rings. The van der Waals surface area contributed by atoms with Crippen LogP contribution in [0.1, 0.15) is 33.4 Å². The smallest absolute Gasteiger partial charge is 0.242 e. The monoisotopic (exact) mass is 410 g/mol. The lowest BCUT2D eigenvalue weighted by Crippen LogP contribution is -2.55. The third kappa shape index (κ3) is 4.55. The van der Waals surface area contributed by atoms with Crippen molar-refractivity contribution in [3.63, 3.8) is 0 Å². The van der Waals surface area contributed by atoms with Crippen molar-refractivity contribution in [1.29, 1.82) is 0 Å². The van der Waals surface area contributed by atoms with Crippen LogP contribution in [0.2, 0.25) is 0 Å². The van der Waals surface area contributed by atoms with Gasteiger partial charge in [0.05, 0.1) is 42.4 Å². The summed E-state index contributed by atoms with van der Waals surface area (Å²) in [5.41, 5.74) is 2.52. The predicted molar refractivity (Wildman–Crippen MR) is 115 cm³/mol. The molecule has 30 heavy (non-hydrogen) atoms. The summed E-state index contributed by atoms with van der Waals surface area (Å²) in [6.45, 7) is 10.3. The second kappa shape index (κ2) is 8.57. The number of rotatable bonds is 6. The second-order valence-electron chi connectivity index (χ2n) is 8.51. The van der Waals surface area contributed by atoms with E-state index in [-0.39, 0.29) is 30.1 Å². The van der Waals surface area contributed by atoms with E-state index in [1.165, 1.54) is 0 Å². The first-order chi connectivity index (χ1) is 14.4. The predicted octanol–water partition coefficient (Wildman–Crippen LogP) is 2.65. The van der Waals surface area contributed by atoms with Gasteiger partial charge in [0.2, 0.25) is 5.91 Å². The van der Waals surface area contributed by atoms with Gasteiger partial charge in [-0.3, -0.25) is 14.4 Å². The van der Waals surface area contributed by atoms with Gasteiger partial charge in [-0.2, -0.15) is 5.10 Å². The van der Waals surface area contributed by atoms with Crippen LogP contribution in [0, 0.1) is 5.92 Å². The van der Waals surface area contributed by atoms with Crippen LogP contribution in [0.15, 0.2) is 43.0 Å². The van der Waals surface area contributed by atoms with Crippen LogP contribution in [-0.4, -0.2) is 61.3 Å². The molecule has 0 saturated carbocycles. The lowest BCUT2D eigenvalue weighted by atomic mass is 9.99. The largest absolute Gasteiger partial charge is 0.373 e. The number of aromatic nitrogens is 4. The number of fused-ring (bicyclic) bond motifs is 1. The molecule has 1 fully saturated rings. The van der Waals surface area contributed by atoms with Gasteiger partial charge in [0, 0.05) is 31.7 Å². The molecule has 0 bridgehead atoms. The van der Waals surface area contributed by atoms with Gasteiger partial charge in [-0.25, -0.2) is 4.98 Å². The molecule has 1 amide bonds. The van der Waals surface area contributed by atoms with Crippen LogP contribution in [-0.2, 0) is 16.1 Å². The van der Waals surface area contributed by atoms with E-state index in [2.05, 4.69) is 48.0 Å². The molecule has 3 atom stereocenters. The molecule has 0 spiro atoms. The van der Waals surface area contributed by atoms with E-state index in [1.807, 2.05) is 41.2 Å². The van der Waals surface area contributed by atoms with E-state index in [9.17, 15) is 4.79 Å². The summed E-state index contributed by atoms with van der Waals surface area (Å²) in [4.78, 5) is 19.9. The molecule has 3 unspecified atom stereocenters. The fourth-order valence-electron chi connectivity index (χ4n) is 4.30. The van der Waals surface area contributed by atoms with Crippen LogP contribution < -0.4 is 5.32 Å². The zero-order chi connectivity index (χ0) is 21.3. The molecule has 0 aliphatic carbocycles. The Kier molecular flexibility index (Phi) is 5.87. The summed E-state index contributed by atoms with van der Waals surface area (Å²) in [6.07, 6.45) is 7.75. The maximum Gasteiger partial charge on any atom is 0.242 e. The summed E-state index contributed by atoms with van der Waals surface area (Å²) >= 11 is 0. The summed E-state index contributed by atoms with van der Waals surface area (Å²) in [6, 6.07) is 5.70. The maximum absolute atomic E-state index is 13.1. The molecular formula is C22H30N6O2. The van der Waals surface area contributed by atoms with E-state index >= 15 is 0 Å². The van der Waals surface area contributed by atoms with E-state index < -0.39 is 0 Å². The average Bonchev–Trinajstić information content (AvgIpc) is 3.26. The first-order valence-corrected chi connectivity index (χ1v) is 10.5. The van der Waals surface area contributed by atoms with Crippen molar-refractivity contribution in [1.82, 2.24) is 24.1 Å². The van der Waals surface area contributed by atoms with Crippen molar-refractivity contribution in [2.45, 2.75) is 52.5 Å². The second-order valence-corrected chi connectivity index (χ2v) is 8.51. The van der Waals surface area contributed by atoms with Gasteiger partial charge >= 0.3 is 0 Å². The van der Waals surface area contributed by atoms with Crippen molar-refractivity contribution in [2.75, 3.05) is 18.4 Å². The molecule has 8 heteroatoms. The van der Waals surface area contributed by atoms with E-state index in [0.717, 1.165) is 24.4 Å². The number of pyridine rings is 1. The van der Waals surface area contributed by atoms with Crippen LogP contribution >= 0.6 is 0 Å². The Hall–Kier alpha value is -2.71. The highest BCUT2D eigenvalue weighted by Gasteiger charge is 2.34. The van der Waals surface area contributed by atoms with Gasteiger partial charge in [-0.1, -0.05) is 19.9 Å². The number of hydrogen-bond donors (Lipinski definition) is 1. The first kappa shape index (κ1) is 20.6. The van der Waals surface area contributed by atoms with Crippen LogP contribution in [0.25, 0.3) is 5.65 Å². The SMILES string of the molecule is CC1CN(C(C(=O)Nc2cnn(Cc3cn4ccccc4n3)c2)C(C)C)CC(C)O1. The van der Waals surface area contributed by atoms with Crippen molar-refractivity contribution in [2.24, 2.45) is 5.92 Å². The summed E-state index contributed by atoms with van der Waals surface area (Å²) < 4.78 is 9.61. The molecule has 0 aromatic carbocycles. The minimum absolute atomic E-state index is 0.00131. The Morgan fingerprint density at radius 1 is 1.23 bits per heavy atom. The van der Waals surface area contributed by atoms with Crippen LogP contribution in [0.3, 0.4) is 0 Å². The molecule has 0 radical (unpaired) electrons. The molecule has 8 nitrogen and oxygen atoms in total. The lowest BCUT2D eigenvalue weighted by molar-refractivity contribution is -0.130. The number of carbonyl (C=O) groups is 1. The van der Waals surface area contributed by atoms with Gasteiger partial charge in [0.1, 0.15) is 5.65 Å². The number of morpholine rings is 1. The van der Waals surface area contributed by atoms with Crippen molar-refractivity contribution in [3.05, 3.63) is 48.7 Å². The molecule has 3 aromatic heterocycles. The van der Waals surface area contributed by atoms with Gasteiger partial charge in [-0.15, -0.1) is 0 Å². The molecular weight excluding hydrogens is 380 g/mol. The van der Waals surface area contributed by atoms with Gasteiger partial charge in [0.15, 0.2) is 0 Å². The highest BCUT2D eigenvalue weighted by atomic mass is 16.5. The minimum atomic E-state index is -0.208. The number of nitrogens with one attached hydrogen (secondary N) is 1. The topological polar surface area (TPSA) is 76.7 Å². The Labute approximate surface area is 176 Å². The highest BCUT2D eigenvalue weighted by molar-refractivity contribution is 5.94. The molecule has 1 N–H and O–H groups in total. The zero-order valence-corrected chi connectivity index (χ0v) is 18.0. The van der Waals surface area contributed by atoms with Crippen molar-refractivity contribution >= 4 is 17.2 Å². The van der Waals surface area contributed by atoms with Crippen LogP contribution in [0.5, 0.6) is 0 Å². The standard InChI is InChI=1S/C22H30N6O2/c1-15(2)21(27-10-16(3)30-17(4)11-27)22(29)25-18-9-23-28(13-18)14-19-12-26-8-6-5-7-20(26)24-19/h5-9,12-13,15-17,21H,10-11,14H2,1-4H3,(H,25,29). The lowest BCUT2D eigenvalue weighted by Gasteiger charge is -2.40. The average molecular weight is 411 g/mol. The maximum atomic E-state index is 13.1. The quantitative estimate of drug-likeness (QED) is 0.676. The highest BCUT2D eigenvalue weighted by Crippen LogP contribution is 2.20. The number of hydrogen-bond acceptors (Lipinski definition) is 5. The number of ether oxygens (including phenoxy) is 1. The minimum Gasteiger partial charge on any atom is -0.373 e. The molecule has 1 saturated heterocycles. The van der Waals surface area contributed by atoms with Crippen molar-refractivity contribution in [3.8, 4) is 0 Å². The number of nitrogens with zero attached hydrogens (tertiary/aromatic N) is 5. The third-order valence-electron chi connectivity index (χ3n) is 5.38. The first-order valence-electron chi connectivity index (χ1n) is 10.5. The Morgan fingerprint density at radius 3 is 2.70 bits per heavy atom. The molecule has 160 valence electrons. The normalized spacial score (nSPS) is 21.2.